The molecule has 0 aliphatic rings. The van der Waals surface area contributed by atoms with Crippen LogP contribution in [0.1, 0.15) is 0 Å². The third-order valence-corrected chi connectivity index (χ3v) is 6.84. The number of rotatable bonds is 3. The summed E-state index contributed by atoms with van der Waals surface area (Å²) in [5, 5.41) is 5.30. The van der Waals surface area contributed by atoms with Crippen LogP contribution in [0.2, 0.25) is 0 Å². The highest BCUT2D eigenvalue weighted by molar-refractivity contribution is 7.26. The van der Waals surface area contributed by atoms with E-state index in [4.69, 9.17) is 0 Å². The summed E-state index contributed by atoms with van der Waals surface area (Å²) < 4.78 is 2.68. The van der Waals surface area contributed by atoms with Gasteiger partial charge in [-0.2, -0.15) is 0 Å². The topological polar surface area (TPSA) is 3.24 Å². The van der Waals surface area contributed by atoms with Crippen LogP contribution < -0.4 is 4.90 Å². The Bertz CT molecular complexity index is 1440. The molecule has 0 N–H and O–H groups in total. The second-order valence-electron chi connectivity index (χ2n) is 7.45. The number of anilines is 3. The van der Waals surface area contributed by atoms with Crippen molar-refractivity contribution in [2.24, 2.45) is 0 Å². The Morgan fingerprint density at radius 2 is 1.10 bits per heavy atom. The van der Waals surface area contributed by atoms with Gasteiger partial charge in [0.15, 0.2) is 0 Å². The zero-order valence-electron chi connectivity index (χ0n) is 16.3. The summed E-state index contributed by atoms with van der Waals surface area (Å²) in [6, 6.07) is 41.1. The normalized spacial score (nSPS) is 11.3. The van der Waals surface area contributed by atoms with E-state index in [0.717, 1.165) is 11.4 Å². The summed E-state index contributed by atoms with van der Waals surface area (Å²) in [6.07, 6.45) is 0. The number of fused-ring (bicyclic) bond motifs is 5. The fourth-order valence-corrected chi connectivity index (χ4v) is 5.50. The zero-order chi connectivity index (χ0) is 19.9. The van der Waals surface area contributed by atoms with E-state index in [1.54, 1.807) is 0 Å². The second-order valence-corrected chi connectivity index (χ2v) is 8.50. The molecule has 0 unspecified atom stereocenters. The van der Waals surface area contributed by atoms with Gasteiger partial charge in [0, 0.05) is 37.2 Å². The number of para-hydroxylation sites is 2. The Balaban J connectivity index is 1.59. The molecular weight excluding hydrogens is 382 g/mol. The van der Waals surface area contributed by atoms with Gasteiger partial charge in [-0.25, -0.2) is 0 Å². The Morgan fingerprint density at radius 3 is 1.83 bits per heavy atom. The van der Waals surface area contributed by atoms with E-state index in [2.05, 4.69) is 120 Å². The maximum absolute atomic E-state index is 2.33. The summed E-state index contributed by atoms with van der Waals surface area (Å²) in [4.78, 5) is 2.32. The molecule has 6 aromatic rings. The van der Waals surface area contributed by atoms with Gasteiger partial charge in [-0.05, 0) is 47.2 Å². The first-order valence-electron chi connectivity index (χ1n) is 10.1. The molecule has 5 aromatic carbocycles. The molecular formula is C28H19NS. The summed E-state index contributed by atoms with van der Waals surface area (Å²) in [7, 11) is 0. The van der Waals surface area contributed by atoms with Crippen molar-refractivity contribution in [3.8, 4) is 0 Å². The molecule has 0 spiro atoms. The van der Waals surface area contributed by atoms with Gasteiger partial charge in [0.25, 0.3) is 0 Å². The van der Waals surface area contributed by atoms with Gasteiger partial charge >= 0.3 is 0 Å². The van der Waals surface area contributed by atoms with Crippen molar-refractivity contribution in [2.75, 3.05) is 4.90 Å². The molecule has 0 bridgehead atoms. The van der Waals surface area contributed by atoms with Crippen LogP contribution in [-0.4, -0.2) is 0 Å². The Hall–Kier alpha value is -3.62. The van der Waals surface area contributed by atoms with Crippen molar-refractivity contribution >= 4 is 59.3 Å². The Labute approximate surface area is 179 Å². The molecule has 30 heavy (non-hydrogen) atoms. The number of hydrogen-bond donors (Lipinski definition) is 0. The fraction of sp³-hybridized carbons (Fsp3) is 0. The van der Waals surface area contributed by atoms with Crippen molar-refractivity contribution < 1.29 is 0 Å². The van der Waals surface area contributed by atoms with Crippen LogP contribution in [0.15, 0.2) is 115 Å². The second kappa shape index (κ2) is 7.01. The van der Waals surface area contributed by atoms with Crippen LogP contribution in [-0.2, 0) is 0 Å². The van der Waals surface area contributed by atoms with Gasteiger partial charge in [0.1, 0.15) is 0 Å². The monoisotopic (exact) mass is 401 g/mol. The predicted octanol–water partition coefficient (Wildman–Crippen LogP) is 8.68. The molecule has 6 rings (SSSR count). The van der Waals surface area contributed by atoms with E-state index in [1.807, 2.05) is 11.3 Å². The third kappa shape index (κ3) is 2.77. The highest BCUT2D eigenvalue weighted by Crippen LogP contribution is 2.42. The minimum absolute atomic E-state index is 1.16. The summed E-state index contributed by atoms with van der Waals surface area (Å²) >= 11 is 1.89. The zero-order valence-corrected chi connectivity index (χ0v) is 17.1. The molecule has 142 valence electrons. The van der Waals surface area contributed by atoms with Crippen LogP contribution in [0.3, 0.4) is 0 Å². The molecule has 0 aliphatic carbocycles. The van der Waals surface area contributed by atoms with Crippen molar-refractivity contribution in [3.63, 3.8) is 0 Å². The highest BCUT2D eigenvalue weighted by Gasteiger charge is 2.14. The lowest BCUT2D eigenvalue weighted by atomic mass is 10.1. The quantitative estimate of drug-likeness (QED) is 0.287. The van der Waals surface area contributed by atoms with E-state index in [1.165, 1.54) is 36.6 Å². The van der Waals surface area contributed by atoms with Crippen LogP contribution in [0.25, 0.3) is 30.9 Å². The molecule has 1 aromatic heterocycles. The summed E-state index contributed by atoms with van der Waals surface area (Å²) in [5.74, 6) is 0. The first-order valence-corrected chi connectivity index (χ1v) is 10.9. The molecule has 0 aliphatic heterocycles. The van der Waals surface area contributed by atoms with Crippen molar-refractivity contribution in [3.05, 3.63) is 115 Å². The average molecular weight is 402 g/mol. The van der Waals surface area contributed by atoms with Crippen LogP contribution in [0, 0.1) is 0 Å². The van der Waals surface area contributed by atoms with E-state index in [0.29, 0.717) is 0 Å². The van der Waals surface area contributed by atoms with E-state index < -0.39 is 0 Å². The van der Waals surface area contributed by atoms with Crippen molar-refractivity contribution in [2.45, 2.75) is 0 Å². The van der Waals surface area contributed by atoms with Gasteiger partial charge in [-0.3, -0.25) is 0 Å². The lowest BCUT2D eigenvalue weighted by Gasteiger charge is -2.25. The molecule has 2 heteroatoms. The van der Waals surface area contributed by atoms with Crippen LogP contribution in [0.5, 0.6) is 0 Å². The minimum atomic E-state index is 1.16. The van der Waals surface area contributed by atoms with Gasteiger partial charge < -0.3 is 4.90 Å². The third-order valence-electron chi connectivity index (χ3n) is 5.63. The van der Waals surface area contributed by atoms with Crippen molar-refractivity contribution in [1.29, 1.82) is 0 Å². The van der Waals surface area contributed by atoms with E-state index >= 15 is 0 Å². The number of thiophene rings is 1. The first kappa shape index (κ1) is 17.3. The summed E-state index contributed by atoms with van der Waals surface area (Å²) in [5.41, 5.74) is 3.50. The average Bonchev–Trinajstić information content (AvgIpc) is 3.19. The van der Waals surface area contributed by atoms with E-state index in [9.17, 15) is 0 Å². The highest BCUT2D eigenvalue weighted by atomic mass is 32.1. The molecule has 0 radical (unpaired) electrons. The first-order chi connectivity index (χ1) is 14.9. The molecule has 1 nitrogen and oxygen atoms in total. The maximum atomic E-state index is 2.33. The molecule has 0 saturated carbocycles. The number of hydrogen-bond acceptors (Lipinski definition) is 2. The largest absolute Gasteiger partial charge is 0.310 e. The van der Waals surface area contributed by atoms with Gasteiger partial charge in [-0.1, -0.05) is 78.9 Å². The summed E-state index contributed by atoms with van der Waals surface area (Å²) in [6.45, 7) is 0. The molecule has 1 heterocycles. The van der Waals surface area contributed by atoms with E-state index in [-0.39, 0.29) is 0 Å². The fourth-order valence-electron chi connectivity index (χ4n) is 4.23. The predicted molar refractivity (Wildman–Crippen MR) is 132 cm³/mol. The van der Waals surface area contributed by atoms with Gasteiger partial charge in [0.2, 0.25) is 0 Å². The molecule has 0 amide bonds. The van der Waals surface area contributed by atoms with Gasteiger partial charge in [-0.15, -0.1) is 11.3 Å². The minimum Gasteiger partial charge on any atom is -0.310 e. The Morgan fingerprint density at radius 1 is 0.467 bits per heavy atom. The van der Waals surface area contributed by atoms with Gasteiger partial charge in [0.05, 0.1) is 0 Å². The molecule has 0 atom stereocenters. The maximum Gasteiger partial charge on any atom is 0.0476 e. The number of nitrogens with zero attached hydrogens (tertiary/aromatic N) is 1. The lowest BCUT2D eigenvalue weighted by Crippen LogP contribution is -2.09. The number of benzene rings is 5. The lowest BCUT2D eigenvalue weighted by molar-refractivity contribution is 1.29. The molecule has 0 fully saturated rings. The Kier molecular flexibility index (Phi) is 4.03. The van der Waals surface area contributed by atoms with Crippen LogP contribution >= 0.6 is 11.3 Å². The standard InChI is InChI=1S/C28H19NS/c1-3-10-21(11-4-1)29(22-12-5-2-6-13-22)23-16-18-25-26-17-15-20-9-7-8-14-24(20)28(26)30-27(25)19-23/h1-19H. The SMILES string of the molecule is c1ccc(N(c2ccccc2)c2ccc3c(c2)sc2c4ccccc4ccc32)cc1. The van der Waals surface area contributed by atoms with Crippen molar-refractivity contribution in [1.82, 2.24) is 0 Å². The molecule has 0 saturated heterocycles. The smallest absolute Gasteiger partial charge is 0.0476 e. The van der Waals surface area contributed by atoms with Crippen LogP contribution in [0.4, 0.5) is 17.1 Å².